The first-order valence-corrected chi connectivity index (χ1v) is 3.63. The Morgan fingerprint density at radius 1 is 1.82 bits per heavy atom. The number of nitrogens with two attached hydrogens (primary N) is 1. The van der Waals surface area contributed by atoms with Crippen LogP contribution in [0.1, 0.15) is 12.1 Å². The first-order chi connectivity index (χ1) is 5.24. The number of rotatable bonds is 3. The van der Waals surface area contributed by atoms with Gasteiger partial charge in [-0.2, -0.15) is 5.10 Å². The van der Waals surface area contributed by atoms with E-state index in [9.17, 15) is 0 Å². The summed E-state index contributed by atoms with van der Waals surface area (Å²) in [4.78, 5) is 0. The summed E-state index contributed by atoms with van der Waals surface area (Å²) in [6, 6.07) is 1.89. The van der Waals surface area contributed by atoms with E-state index in [4.69, 9.17) is 5.73 Å². The van der Waals surface area contributed by atoms with Gasteiger partial charge in [0.1, 0.15) is 5.82 Å². The number of aryl methyl sites for hydroxylation is 2. The second-order valence-corrected chi connectivity index (χ2v) is 2.51. The summed E-state index contributed by atoms with van der Waals surface area (Å²) >= 11 is 0. The van der Waals surface area contributed by atoms with Gasteiger partial charge in [-0.3, -0.25) is 4.68 Å². The Morgan fingerprint density at radius 3 is 3.00 bits per heavy atom. The van der Waals surface area contributed by atoms with E-state index >= 15 is 0 Å². The molecule has 0 bridgehead atoms. The van der Waals surface area contributed by atoms with Crippen LogP contribution in [0.3, 0.4) is 0 Å². The van der Waals surface area contributed by atoms with E-state index in [1.807, 2.05) is 19.2 Å². The minimum Gasteiger partial charge on any atom is -0.384 e. The summed E-state index contributed by atoms with van der Waals surface area (Å²) in [6.45, 7) is 3.64. The molecule has 0 saturated heterocycles. The van der Waals surface area contributed by atoms with Crippen LogP contribution in [-0.4, -0.2) is 9.78 Å². The molecule has 11 heavy (non-hydrogen) atoms. The largest absolute Gasteiger partial charge is 0.384 e. The molecule has 0 aliphatic rings. The van der Waals surface area contributed by atoms with Crippen LogP contribution in [0.4, 0.5) is 5.82 Å². The number of anilines is 1. The van der Waals surface area contributed by atoms with Gasteiger partial charge in [-0.1, -0.05) is 6.08 Å². The van der Waals surface area contributed by atoms with Gasteiger partial charge in [0.2, 0.25) is 0 Å². The molecule has 0 radical (unpaired) electrons. The number of aromatic nitrogens is 2. The highest BCUT2D eigenvalue weighted by Gasteiger charge is 1.98. The van der Waals surface area contributed by atoms with Gasteiger partial charge in [-0.25, -0.2) is 0 Å². The highest BCUT2D eigenvalue weighted by Crippen LogP contribution is 2.06. The van der Waals surface area contributed by atoms with Crippen molar-refractivity contribution in [1.82, 2.24) is 9.78 Å². The number of hydrogen-bond donors (Lipinski definition) is 1. The van der Waals surface area contributed by atoms with Crippen LogP contribution in [0.2, 0.25) is 0 Å². The third-order valence-corrected chi connectivity index (χ3v) is 1.57. The zero-order chi connectivity index (χ0) is 8.27. The Kier molecular flexibility index (Phi) is 2.31. The van der Waals surface area contributed by atoms with Crippen molar-refractivity contribution >= 4 is 5.82 Å². The van der Waals surface area contributed by atoms with Gasteiger partial charge in [-0.15, -0.1) is 6.58 Å². The molecule has 0 fully saturated rings. The molecule has 1 aromatic rings. The van der Waals surface area contributed by atoms with Crippen molar-refractivity contribution in [3.63, 3.8) is 0 Å². The number of nitrogens with zero attached hydrogens (tertiary/aromatic N) is 2. The molecule has 2 N–H and O–H groups in total. The zero-order valence-corrected chi connectivity index (χ0v) is 6.75. The van der Waals surface area contributed by atoms with Crippen molar-refractivity contribution in [2.75, 3.05) is 5.73 Å². The molecule has 0 amide bonds. The summed E-state index contributed by atoms with van der Waals surface area (Å²) < 4.78 is 1.68. The molecule has 0 aliphatic heterocycles. The van der Waals surface area contributed by atoms with Gasteiger partial charge >= 0.3 is 0 Å². The summed E-state index contributed by atoms with van der Waals surface area (Å²) in [6.07, 6.45) is 3.76. The number of nitrogen functional groups attached to an aromatic ring is 1. The quantitative estimate of drug-likeness (QED) is 0.658. The van der Waals surface area contributed by atoms with Crippen molar-refractivity contribution in [1.29, 1.82) is 0 Å². The van der Waals surface area contributed by atoms with Gasteiger partial charge in [-0.05, 0) is 12.8 Å². The molecule has 0 aliphatic carbocycles. The van der Waals surface area contributed by atoms with Crippen LogP contribution in [0.15, 0.2) is 18.7 Å². The molecule has 3 heteroatoms. The highest BCUT2D eigenvalue weighted by molar-refractivity contribution is 5.30. The summed E-state index contributed by atoms with van der Waals surface area (Å²) in [5, 5.41) is 4.19. The Bertz CT molecular complexity index is 230. The summed E-state index contributed by atoms with van der Waals surface area (Å²) in [5.41, 5.74) is 6.62. The Labute approximate surface area is 66.5 Å². The number of hydrogen-bond acceptors (Lipinski definition) is 2. The van der Waals surface area contributed by atoms with Gasteiger partial charge < -0.3 is 5.73 Å². The maximum atomic E-state index is 5.59. The average Bonchev–Trinajstić information content (AvgIpc) is 2.28. The molecular formula is C8H13N3. The van der Waals surface area contributed by atoms with Crippen molar-refractivity contribution in [3.05, 3.63) is 24.4 Å². The van der Waals surface area contributed by atoms with E-state index in [-0.39, 0.29) is 0 Å². The number of allylic oxidation sites excluding steroid dienone is 1. The fourth-order valence-electron chi connectivity index (χ4n) is 0.916. The lowest BCUT2D eigenvalue weighted by atomic mass is 10.2. The lowest BCUT2D eigenvalue weighted by Gasteiger charge is -1.89. The fraction of sp³-hybridized carbons (Fsp3) is 0.375. The fourth-order valence-corrected chi connectivity index (χ4v) is 0.916. The molecule has 0 atom stereocenters. The Hall–Kier alpha value is -1.25. The van der Waals surface area contributed by atoms with Crippen molar-refractivity contribution in [2.24, 2.45) is 7.05 Å². The molecule has 1 heterocycles. The molecule has 60 valence electrons. The first-order valence-electron chi connectivity index (χ1n) is 3.63. The molecule has 3 nitrogen and oxygen atoms in total. The predicted octanol–water partition coefficient (Wildman–Crippen LogP) is 1.12. The van der Waals surface area contributed by atoms with Crippen LogP contribution in [0.5, 0.6) is 0 Å². The second kappa shape index (κ2) is 3.23. The Morgan fingerprint density at radius 2 is 2.55 bits per heavy atom. The minimum atomic E-state index is 0.712. The maximum Gasteiger partial charge on any atom is 0.121 e. The second-order valence-electron chi connectivity index (χ2n) is 2.51. The molecule has 0 saturated carbocycles. The SMILES string of the molecule is C=CCCc1cc(N)n(C)n1. The molecule has 1 aromatic heterocycles. The van der Waals surface area contributed by atoms with Crippen LogP contribution in [-0.2, 0) is 13.5 Å². The van der Waals surface area contributed by atoms with E-state index in [2.05, 4.69) is 11.7 Å². The van der Waals surface area contributed by atoms with E-state index in [0.717, 1.165) is 18.5 Å². The lowest BCUT2D eigenvalue weighted by Crippen LogP contribution is -1.97. The van der Waals surface area contributed by atoms with E-state index in [1.165, 1.54) is 0 Å². The van der Waals surface area contributed by atoms with Crippen molar-refractivity contribution in [3.8, 4) is 0 Å². The normalized spacial score (nSPS) is 9.91. The maximum absolute atomic E-state index is 5.59. The monoisotopic (exact) mass is 151 g/mol. The van der Waals surface area contributed by atoms with Crippen LogP contribution >= 0.6 is 0 Å². The van der Waals surface area contributed by atoms with Crippen molar-refractivity contribution < 1.29 is 0 Å². The molecule has 0 unspecified atom stereocenters. The van der Waals surface area contributed by atoms with E-state index < -0.39 is 0 Å². The summed E-state index contributed by atoms with van der Waals surface area (Å²) in [7, 11) is 1.84. The van der Waals surface area contributed by atoms with Gasteiger partial charge in [0.25, 0.3) is 0 Å². The van der Waals surface area contributed by atoms with E-state index in [0.29, 0.717) is 5.82 Å². The van der Waals surface area contributed by atoms with Gasteiger partial charge in [0.05, 0.1) is 5.69 Å². The molecule has 0 aromatic carbocycles. The standard InChI is InChI=1S/C8H13N3/c1-3-4-5-7-6-8(9)11(2)10-7/h3,6H,1,4-5,9H2,2H3. The third-order valence-electron chi connectivity index (χ3n) is 1.57. The minimum absolute atomic E-state index is 0.712. The van der Waals surface area contributed by atoms with Crippen LogP contribution in [0.25, 0.3) is 0 Å². The highest BCUT2D eigenvalue weighted by atomic mass is 15.3. The average molecular weight is 151 g/mol. The van der Waals surface area contributed by atoms with Crippen molar-refractivity contribution in [2.45, 2.75) is 12.8 Å². The Balaban J connectivity index is 2.64. The molecule has 0 spiro atoms. The topological polar surface area (TPSA) is 43.8 Å². The van der Waals surface area contributed by atoms with Crippen LogP contribution in [0, 0.1) is 0 Å². The summed E-state index contributed by atoms with van der Waals surface area (Å²) in [5.74, 6) is 0.712. The predicted molar refractivity (Wildman–Crippen MR) is 46.1 cm³/mol. The van der Waals surface area contributed by atoms with Gasteiger partial charge in [0.15, 0.2) is 0 Å². The smallest absolute Gasteiger partial charge is 0.121 e. The zero-order valence-electron chi connectivity index (χ0n) is 6.75. The first kappa shape index (κ1) is 7.85. The van der Waals surface area contributed by atoms with Gasteiger partial charge in [0, 0.05) is 13.1 Å². The third kappa shape index (κ3) is 1.83. The van der Waals surface area contributed by atoms with Crippen LogP contribution < -0.4 is 5.73 Å². The van der Waals surface area contributed by atoms with E-state index in [1.54, 1.807) is 4.68 Å². The molecule has 1 rings (SSSR count). The molecular weight excluding hydrogens is 138 g/mol. The lowest BCUT2D eigenvalue weighted by molar-refractivity contribution is 0.748.